The number of hydrogen-bond acceptors (Lipinski definition) is 4. The number of halogens is 2. The Labute approximate surface area is 180 Å². The molecule has 1 N–H and O–H groups in total. The summed E-state index contributed by atoms with van der Waals surface area (Å²) >= 11 is 12.6. The first-order chi connectivity index (χ1) is 13.7. The Kier molecular flexibility index (Phi) is 7.40. The molecule has 0 aromatic heterocycles. The number of anilines is 1. The molecule has 1 aromatic rings. The SMILES string of the molecule is Clc1cccc(N2CCN(CCC3CCC(N4CCCNC4)CC3)CC2)c1Cl. The van der Waals surface area contributed by atoms with Crippen molar-refractivity contribution in [1.82, 2.24) is 15.1 Å². The van der Waals surface area contributed by atoms with Gasteiger partial charge >= 0.3 is 0 Å². The molecule has 0 amide bonds. The summed E-state index contributed by atoms with van der Waals surface area (Å²) in [6.07, 6.45) is 8.30. The predicted molar refractivity (Wildman–Crippen MR) is 120 cm³/mol. The highest BCUT2D eigenvalue weighted by molar-refractivity contribution is 6.43. The van der Waals surface area contributed by atoms with Gasteiger partial charge in [-0.1, -0.05) is 29.3 Å². The Balaban J connectivity index is 1.16. The molecular weight excluding hydrogens is 391 g/mol. The normalized spacial score (nSPS) is 27.9. The van der Waals surface area contributed by atoms with Crippen LogP contribution in [0.15, 0.2) is 18.2 Å². The first-order valence-electron chi connectivity index (χ1n) is 11.1. The summed E-state index contributed by atoms with van der Waals surface area (Å²) in [5, 5.41) is 4.88. The molecule has 0 bridgehead atoms. The minimum absolute atomic E-state index is 0.650. The molecule has 3 fully saturated rings. The summed E-state index contributed by atoms with van der Waals surface area (Å²) in [4.78, 5) is 7.69. The van der Waals surface area contributed by atoms with Gasteiger partial charge in [-0.3, -0.25) is 9.80 Å². The maximum absolute atomic E-state index is 6.40. The summed E-state index contributed by atoms with van der Waals surface area (Å²) in [6.45, 7) is 9.17. The van der Waals surface area contributed by atoms with Crippen LogP contribution < -0.4 is 10.2 Å². The van der Waals surface area contributed by atoms with E-state index in [0.29, 0.717) is 10.0 Å². The van der Waals surface area contributed by atoms with Crippen LogP contribution in [0.4, 0.5) is 5.69 Å². The van der Waals surface area contributed by atoms with Crippen LogP contribution in [0.2, 0.25) is 10.0 Å². The van der Waals surface area contributed by atoms with E-state index in [4.69, 9.17) is 23.2 Å². The Morgan fingerprint density at radius 3 is 2.46 bits per heavy atom. The molecule has 4 nitrogen and oxygen atoms in total. The predicted octanol–water partition coefficient (Wildman–Crippen LogP) is 4.32. The molecule has 0 atom stereocenters. The van der Waals surface area contributed by atoms with Crippen molar-refractivity contribution >= 4 is 28.9 Å². The van der Waals surface area contributed by atoms with Crippen LogP contribution in [-0.4, -0.2) is 68.3 Å². The van der Waals surface area contributed by atoms with E-state index < -0.39 is 0 Å². The van der Waals surface area contributed by atoms with Crippen molar-refractivity contribution in [1.29, 1.82) is 0 Å². The average molecular weight is 425 g/mol. The van der Waals surface area contributed by atoms with Crippen molar-refractivity contribution in [2.75, 3.05) is 57.4 Å². The van der Waals surface area contributed by atoms with Gasteiger partial charge in [-0.25, -0.2) is 0 Å². The number of piperazine rings is 1. The van der Waals surface area contributed by atoms with Crippen molar-refractivity contribution in [3.05, 3.63) is 28.2 Å². The van der Waals surface area contributed by atoms with E-state index >= 15 is 0 Å². The smallest absolute Gasteiger partial charge is 0.0825 e. The van der Waals surface area contributed by atoms with Crippen LogP contribution in [0.1, 0.15) is 38.5 Å². The minimum atomic E-state index is 0.650. The van der Waals surface area contributed by atoms with Gasteiger partial charge < -0.3 is 10.2 Å². The van der Waals surface area contributed by atoms with E-state index in [2.05, 4.69) is 26.1 Å². The van der Waals surface area contributed by atoms with Gasteiger partial charge in [0.25, 0.3) is 0 Å². The second-order valence-corrected chi connectivity index (χ2v) is 9.47. The van der Waals surface area contributed by atoms with E-state index in [1.165, 1.54) is 58.2 Å². The van der Waals surface area contributed by atoms with Crippen LogP contribution in [0.5, 0.6) is 0 Å². The summed E-state index contributed by atoms with van der Waals surface area (Å²) in [5.41, 5.74) is 1.08. The van der Waals surface area contributed by atoms with Crippen molar-refractivity contribution < 1.29 is 0 Å². The fourth-order valence-electron chi connectivity index (χ4n) is 5.13. The molecule has 2 saturated heterocycles. The van der Waals surface area contributed by atoms with Gasteiger partial charge in [-0.2, -0.15) is 0 Å². The third kappa shape index (κ3) is 5.14. The zero-order chi connectivity index (χ0) is 19.3. The number of hydrogen-bond donors (Lipinski definition) is 1. The fourth-order valence-corrected chi connectivity index (χ4v) is 5.55. The molecule has 1 aliphatic carbocycles. The zero-order valence-electron chi connectivity index (χ0n) is 16.9. The van der Waals surface area contributed by atoms with Crippen molar-refractivity contribution in [2.24, 2.45) is 5.92 Å². The van der Waals surface area contributed by atoms with Crippen molar-refractivity contribution in [3.8, 4) is 0 Å². The van der Waals surface area contributed by atoms with Crippen molar-refractivity contribution in [3.63, 3.8) is 0 Å². The largest absolute Gasteiger partial charge is 0.368 e. The second kappa shape index (κ2) is 9.99. The molecule has 156 valence electrons. The van der Waals surface area contributed by atoms with Gasteiger partial charge in [-0.15, -0.1) is 0 Å². The number of nitrogens with zero attached hydrogens (tertiary/aromatic N) is 3. The quantitative estimate of drug-likeness (QED) is 0.759. The number of nitrogens with one attached hydrogen (secondary N) is 1. The molecule has 28 heavy (non-hydrogen) atoms. The number of benzene rings is 1. The molecule has 4 rings (SSSR count). The molecule has 1 aromatic carbocycles. The first kappa shape index (κ1) is 20.7. The van der Waals surface area contributed by atoms with Crippen LogP contribution in [0.25, 0.3) is 0 Å². The van der Waals surface area contributed by atoms with Gasteiger partial charge in [0, 0.05) is 45.4 Å². The highest BCUT2D eigenvalue weighted by Gasteiger charge is 2.27. The Morgan fingerprint density at radius 2 is 1.75 bits per heavy atom. The lowest BCUT2D eigenvalue weighted by atomic mass is 9.83. The lowest BCUT2D eigenvalue weighted by Crippen LogP contribution is -2.48. The van der Waals surface area contributed by atoms with Crippen LogP contribution in [0.3, 0.4) is 0 Å². The summed E-state index contributed by atoms with van der Waals surface area (Å²) in [6, 6.07) is 6.77. The minimum Gasteiger partial charge on any atom is -0.368 e. The summed E-state index contributed by atoms with van der Waals surface area (Å²) in [7, 11) is 0. The fraction of sp³-hybridized carbons (Fsp3) is 0.727. The molecule has 2 heterocycles. The highest BCUT2D eigenvalue weighted by atomic mass is 35.5. The maximum atomic E-state index is 6.40. The topological polar surface area (TPSA) is 21.8 Å². The standard InChI is InChI=1S/C22H34Cl2N4/c23-20-3-1-4-21(22(20)24)27-15-13-26(14-16-27)12-9-18-5-7-19(8-6-18)28-11-2-10-25-17-28/h1,3-4,18-19,25H,2,5-17H2. The van der Waals surface area contributed by atoms with Gasteiger partial charge in [0.15, 0.2) is 0 Å². The molecule has 0 spiro atoms. The zero-order valence-corrected chi connectivity index (χ0v) is 18.4. The molecule has 2 aliphatic heterocycles. The van der Waals surface area contributed by atoms with E-state index in [9.17, 15) is 0 Å². The summed E-state index contributed by atoms with van der Waals surface area (Å²) in [5.74, 6) is 0.925. The van der Waals surface area contributed by atoms with E-state index in [-0.39, 0.29) is 0 Å². The molecular formula is C22H34Cl2N4. The van der Waals surface area contributed by atoms with Gasteiger partial charge in [0.05, 0.1) is 15.7 Å². The van der Waals surface area contributed by atoms with Crippen LogP contribution in [-0.2, 0) is 0 Å². The lowest BCUT2D eigenvalue weighted by molar-refractivity contribution is 0.102. The lowest BCUT2D eigenvalue weighted by Gasteiger charge is -2.40. The van der Waals surface area contributed by atoms with Crippen LogP contribution >= 0.6 is 23.2 Å². The number of rotatable bonds is 5. The third-order valence-corrected chi connectivity index (χ3v) is 7.75. The van der Waals surface area contributed by atoms with Crippen molar-refractivity contribution in [2.45, 2.75) is 44.6 Å². The van der Waals surface area contributed by atoms with E-state index in [0.717, 1.165) is 50.5 Å². The average Bonchev–Trinajstić information content (AvgIpc) is 2.76. The maximum Gasteiger partial charge on any atom is 0.0825 e. The Morgan fingerprint density at radius 1 is 0.964 bits per heavy atom. The molecule has 6 heteroatoms. The molecule has 1 saturated carbocycles. The Bertz CT molecular complexity index is 619. The second-order valence-electron chi connectivity index (χ2n) is 8.69. The monoisotopic (exact) mass is 424 g/mol. The van der Waals surface area contributed by atoms with E-state index in [1.807, 2.05) is 12.1 Å². The van der Waals surface area contributed by atoms with E-state index in [1.54, 1.807) is 0 Å². The van der Waals surface area contributed by atoms with Gasteiger partial charge in [-0.05, 0) is 69.7 Å². The summed E-state index contributed by atoms with van der Waals surface area (Å²) < 4.78 is 0. The molecule has 0 unspecified atom stereocenters. The third-order valence-electron chi connectivity index (χ3n) is 6.94. The first-order valence-corrected chi connectivity index (χ1v) is 11.8. The van der Waals surface area contributed by atoms with Gasteiger partial charge in [0.1, 0.15) is 0 Å². The Hall–Kier alpha value is -0.520. The van der Waals surface area contributed by atoms with Gasteiger partial charge in [0.2, 0.25) is 0 Å². The molecule has 0 radical (unpaired) electrons. The molecule has 3 aliphatic rings. The highest BCUT2D eigenvalue weighted by Crippen LogP contribution is 2.33. The van der Waals surface area contributed by atoms with Crippen LogP contribution in [0, 0.1) is 5.92 Å².